The van der Waals surface area contributed by atoms with Crippen LogP contribution in [0.15, 0.2) is 29.9 Å². The number of ether oxygens (including phenoxy) is 1. The number of aromatic carboxylic acids is 1. The van der Waals surface area contributed by atoms with Gasteiger partial charge in [0.1, 0.15) is 5.82 Å². The number of carbonyl (C=O) groups is 1. The molecule has 0 saturated carbocycles. The molecule has 0 spiro atoms. The van der Waals surface area contributed by atoms with E-state index in [2.05, 4.69) is 21.4 Å². The summed E-state index contributed by atoms with van der Waals surface area (Å²) >= 11 is 1.70. The van der Waals surface area contributed by atoms with E-state index in [1.807, 2.05) is 11.4 Å². The number of aromatic nitrogens is 2. The lowest BCUT2D eigenvalue weighted by Crippen LogP contribution is -2.30. The van der Waals surface area contributed by atoms with Crippen LogP contribution >= 0.6 is 11.3 Å². The maximum Gasteiger partial charge on any atom is 0.356 e. The normalized spacial score (nSPS) is 21.9. The lowest BCUT2D eigenvalue weighted by molar-refractivity contribution is 0.0119. The molecule has 1 fully saturated rings. The van der Waals surface area contributed by atoms with Crippen LogP contribution in [0.1, 0.15) is 34.3 Å². The number of thiophene rings is 1. The summed E-state index contributed by atoms with van der Waals surface area (Å²) in [5.41, 5.74) is -0.0519. The topological polar surface area (TPSA) is 84.3 Å². The third-order valence-corrected chi connectivity index (χ3v) is 4.33. The van der Waals surface area contributed by atoms with E-state index < -0.39 is 5.97 Å². The van der Waals surface area contributed by atoms with Crippen molar-refractivity contribution in [2.75, 3.05) is 11.9 Å². The molecule has 3 rings (SSSR count). The maximum absolute atomic E-state index is 10.7. The van der Waals surface area contributed by atoms with Crippen LogP contribution in [0.4, 0.5) is 5.82 Å². The van der Waals surface area contributed by atoms with E-state index in [1.54, 1.807) is 11.3 Å². The predicted molar refractivity (Wildman–Crippen MR) is 78.6 cm³/mol. The third kappa shape index (κ3) is 3.37. The average Bonchev–Trinajstić information content (AvgIpc) is 3.02. The Morgan fingerprint density at radius 3 is 3.00 bits per heavy atom. The van der Waals surface area contributed by atoms with Crippen LogP contribution in [-0.4, -0.2) is 33.7 Å². The molecule has 2 aromatic rings. The highest BCUT2D eigenvalue weighted by Gasteiger charge is 2.24. The minimum absolute atomic E-state index is 0.0519. The van der Waals surface area contributed by atoms with Gasteiger partial charge in [-0.3, -0.25) is 0 Å². The second-order valence-corrected chi connectivity index (χ2v) is 5.81. The van der Waals surface area contributed by atoms with Crippen molar-refractivity contribution >= 4 is 23.1 Å². The van der Waals surface area contributed by atoms with Crippen molar-refractivity contribution in [1.82, 2.24) is 9.97 Å². The second kappa shape index (κ2) is 6.19. The molecule has 1 aliphatic rings. The molecule has 6 nitrogen and oxygen atoms in total. The van der Waals surface area contributed by atoms with Crippen LogP contribution in [0.25, 0.3) is 0 Å². The van der Waals surface area contributed by atoms with Crippen molar-refractivity contribution < 1.29 is 14.6 Å². The van der Waals surface area contributed by atoms with E-state index in [0.717, 1.165) is 12.8 Å². The molecule has 1 saturated heterocycles. The molecule has 0 bridgehead atoms. The minimum Gasteiger partial charge on any atom is -0.476 e. The molecule has 21 heavy (non-hydrogen) atoms. The van der Waals surface area contributed by atoms with Crippen molar-refractivity contribution in [3.05, 3.63) is 40.5 Å². The van der Waals surface area contributed by atoms with E-state index in [9.17, 15) is 4.79 Å². The maximum atomic E-state index is 10.7. The molecule has 1 aliphatic heterocycles. The Labute approximate surface area is 125 Å². The number of anilines is 1. The molecule has 3 heterocycles. The van der Waals surface area contributed by atoms with Crippen molar-refractivity contribution in [1.29, 1.82) is 0 Å². The van der Waals surface area contributed by atoms with Gasteiger partial charge in [0.15, 0.2) is 5.69 Å². The summed E-state index contributed by atoms with van der Waals surface area (Å²) in [6.45, 7) is 0.695. The number of carboxylic acid groups (broad SMARTS) is 1. The summed E-state index contributed by atoms with van der Waals surface area (Å²) in [6, 6.07) is 4.35. The highest BCUT2D eigenvalue weighted by Crippen LogP contribution is 2.31. The van der Waals surface area contributed by atoms with Gasteiger partial charge in [-0.05, 0) is 24.3 Å². The quantitative estimate of drug-likeness (QED) is 0.903. The molecular weight excluding hydrogens is 290 g/mol. The van der Waals surface area contributed by atoms with Crippen LogP contribution in [0, 0.1) is 0 Å². The smallest absolute Gasteiger partial charge is 0.356 e. The number of nitrogens with zero attached hydrogens (tertiary/aromatic N) is 2. The van der Waals surface area contributed by atoms with Crippen molar-refractivity contribution in [3.63, 3.8) is 0 Å². The molecule has 110 valence electrons. The van der Waals surface area contributed by atoms with Gasteiger partial charge in [0.25, 0.3) is 0 Å². The van der Waals surface area contributed by atoms with Gasteiger partial charge in [0, 0.05) is 17.5 Å². The Hall–Kier alpha value is -1.99. The fourth-order valence-electron chi connectivity index (χ4n) is 2.32. The molecule has 0 aromatic carbocycles. The number of hydrogen-bond donors (Lipinski definition) is 2. The van der Waals surface area contributed by atoms with Gasteiger partial charge in [-0.25, -0.2) is 14.8 Å². The van der Waals surface area contributed by atoms with E-state index in [1.165, 1.54) is 17.3 Å². The third-order valence-electron chi connectivity index (χ3n) is 3.37. The zero-order valence-corrected chi connectivity index (χ0v) is 12.0. The second-order valence-electron chi connectivity index (χ2n) is 4.83. The van der Waals surface area contributed by atoms with Crippen LogP contribution in [-0.2, 0) is 4.74 Å². The molecule has 2 aromatic heterocycles. The summed E-state index contributed by atoms with van der Waals surface area (Å²) in [7, 11) is 0. The van der Waals surface area contributed by atoms with Gasteiger partial charge in [-0.15, -0.1) is 11.3 Å². The van der Waals surface area contributed by atoms with Crippen LogP contribution < -0.4 is 5.32 Å². The lowest BCUT2D eigenvalue weighted by atomic mass is 10.0. The Morgan fingerprint density at radius 1 is 1.43 bits per heavy atom. The van der Waals surface area contributed by atoms with Crippen LogP contribution in [0.2, 0.25) is 0 Å². The van der Waals surface area contributed by atoms with Gasteiger partial charge >= 0.3 is 5.97 Å². The first-order valence-electron chi connectivity index (χ1n) is 6.69. The molecule has 7 heteroatoms. The van der Waals surface area contributed by atoms with Gasteiger partial charge < -0.3 is 15.2 Å². The number of carboxylic acids is 1. The highest BCUT2D eigenvalue weighted by molar-refractivity contribution is 7.10. The Kier molecular flexibility index (Phi) is 4.12. The Balaban J connectivity index is 1.63. The van der Waals surface area contributed by atoms with Gasteiger partial charge in [-0.1, -0.05) is 6.07 Å². The first-order chi connectivity index (χ1) is 10.2. The fraction of sp³-hybridized carbons (Fsp3) is 0.357. The summed E-state index contributed by atoms with van der Waals surface area (Å²) in [5.74, 6) is -0.477. The Bertz CT molecular complexity index is 600. The number of nitrogens with one attached hydrogen (secondary N) is 1. The largest absolute Gasteiger partial charge is 0.476 e. The monoisotopic (exact) mass is 305 g/mol. The summed E-state index contributed by atoms with van der Waals surface area (Å²) < 4.78 is 5.80. The van der Waals surface area contributed by atoms with E-state index in [-0.39, 0.29) is 17.8 Å². The molecule has 0 radical (unpaired) electrons. The molecular formula is C14H15N3O3S. The summed E-state index contributed by atoms with van der Waals surface area (Å²) in [5, 5.41) is 14.1. The summed E-state index contributed by atoms with van der Waals surface area (Å²) in [4.78, 5) is 19.9. The van der Waals surface area contributed by atoms with Crippen molar-refractivity contribution in [2.24, 2.45) is 0 Å². The molecule has 2 atom stereocenters. The fourth-order valence-corrected chi connectivity index (χ4v) is 3.11. The number of hydrogen-bond acceptors (Lipinski definition) is 6. The standard InChI is InChI=1S/C14H15N3O3S/c18-14(19)10-7-16-13(8-15-10)17-9-3-4-20-11(6-9)12-2-1-5-21-12/h1-2,5,7-9,11H,3-4,6H2,(H,16,17)(H,18,19)/t9-,11-/m1/s1. The average molecular weight is 305 g/mol. The number of rotatable bonds is 4. The summed E-state index contributed by atoms with van der Waals surface area (Å²) in [6.07, 6.45) is 4.59. The zero-order valence-electron chi connectivity index (χ0n) is 11.2. The van der Waals surface area contributed by atoms with E-state index in [0.29, 0.717) is 12.4 Å². The van der Waals surface area contributed by atoms with Crippen LogP contribution in [0.3, 0.4) is 0 Å². The molecule has 0 amide bonds. The van der Waals surface area contributed by atoms with Crippen molar-refractivity contribution in [3.8, 4) is 0 Å². The van der Waals surface area contributed by atoms with Gasteiger partial charge in [0.2, 0.25) is 0 Å². The first-order valence-corrected chi connectivity index (χ1v) is 7.57. The van der Waals surface area contributed by atoms with Gasteiger partial charge in [-0.2, -0.15) is 0 Å². The SMILES string of the molecule is O=C(O)c1cnc(N[C@@H]2CCO[C@@H](c3cccs3)C2)cn1. The Morgan fingerprint density at radius 2 is 2.33 bits per heavy atom. The molecule has 0 aliphatic carbocycles. The van der Waals surface area contributed by atoms with E-state index in [4.69, 9.17) is 9.84 Å². The van der Waals surface area contributed by atoms with Crippen molar-refractivity contribution in [2.45, 2.75) is 25.0 Å². The molecule has 0 unspecified atom stereocenters. The predicted octanol–water partition coefficient (Wildman–Crippen LogP) is 2.57. The zero-order chi connectivity index (χ0) is 14.7. The first kappa shape index (κ1) is 14.0. The van der Waals surface area contributed by atoms with Crippen LogP contribution in [0.5, 0.6) is 0 Å². The minimum atomic E-state index is -1.07. The van der Waals surface area contributed by atoms with E-state index >= 15 is 0 Å². The molecule has 2 N–H and O–H groups in total. The highest BCUT2D eigenvalue weighted by atomic mass is 32.1. The van der Waals surface area contributed by atoms with Gasteiger partial charge in [0.05, 0.1) is 18.5 Å². The lowest BCUT2D eigenvalue weighted by Gasteiger charge is -2.29.